The highest BCUT2D eigenvalue weighted by molar-refractivity contribution is 5.29. The predicted octanol–water partition coefficient (Wildman–Crippen LogP) is 2.84. The molecule has 0 bridgehead atoms. The van der Waals surface area contributed by atoms with Crippen LogP contribution in [0.1, 0.15) is 31.0 Å². The highest BCUT2D eigenvalue weighted by Gasteiger charge is 2.32. The predicted molar refractivity (Wildman–Crippen MR) is 61.5 cm³/mol. The lowest BCUT2D eigenvalue weighted by Crippen LogP contribution is -2.33. The van der Waals surface area contributed by atoms with Gasteiger partial charge in [0, 0.05) is 18.6 Å². The van der Waals surface area contributed by atoms with Crippen molar-refractivity contribution in [1.29, 1.82) is 0 Å². The van der Waals surface area contributed by atoms with Crippen LogP contribution in [-0.4, -0.2) is 12.6 Å². The van der Waals surface area contributed by atoms with Gasteiger partial charge in [-0.2, -0.15) is 13.2 Å². The van der Waals surface area contributed by atoms with Gasteiger partial charge in [0.2, 0.25) is 0 Å². The molecule has 0 amide bonds. The van der Waals surface area contributed by atoms with Crippen molar-refractivity contribution in [2.75, 3.05) is 6.54 Å². The summed E-state index contributed by atoms with van der Waals surface area (Å²) < 4.78 is 50.9. The first-order chi connectivity index (χ1) is 8.24. The zero-order valence-corrected chi connectivity index (χ0v) is 10.2. The molecule has 0 aliphatic rings. The Morgan fingerprint density at radius 1 is 1.22 bits per heavy atom. The molecular weight excluding hydrogens is 248 g/mol. The SMILES string of the molecule is CC(C)NC(CN)c1cc(F)cc(C(F)(F)F)c1. The quantitative estimate of drug-likeness (QED) is 0.821. The zero-order chi connectivity index (χ0) is 13.9. The zero-order valence-electron chi connectivity index (χ0n) is 10.2. The van der Waals surface area contributed by atoms with E-state index in [0.29, 0.717) is 6.07 Å². The summed E-state index contributed by atoms with van der Waals surface area (Å²) >= 11 is 0. The van der Waals surface area contributed by atoms with E-state index in [-0.39, 0.29) is 18.2 Å². The van der Waals surface area contributed by atoms with Gasteiger partial charge in [0.05, 0.1) is 5.56 Å². The van der Waals surface area contributed by atoms with Crippen molar-refractivity contribution in [2.45, 2.75) is 32.1 Å². The van der Waals surface area contributed by atoms with Gasteiger partial charge in [0.15, 0.2) is 0 Å². The highest BCUT2D eigenvalue weighted by Crippen LogP contribution is 2.31. The minimum Gasteiger partial charge on any atom is -0.329 e. The van der Waals surface area contributed by atoms with Crippen LogP contribution in [0.25, 0.3) is 0 Å². The van der Waals surface area contributed by atoms with E-state index >= 15 is 0 Å². The van der Waals surface area contributed by atoms with Crippen molar-refractivity contribution in [3.63, 3.8) is 0 Å². The van der Waals surface area contributed by atoms with E-state index in [0.717, 1.165) is 12.1 Å². The van der Waals surface area contributed by atoms with Gasteiger partial charge < -0.3 is 11.1 Å². The van der Waals surface area contributed by atoms with E-state index in [4.69, 9.17) is 5.73 Å². The van der Waals surface area contributed by atoms with Crippen molar-refractivity contribution in [1.82, 2.24) is 5.32 Å². The molecule has 3 N–H and O–H groups in total. The van der Waals surface area contributed by atoms with Crippen LogP contribution in [0, 0.1) is 5.82 Å². The van der Waals surface area contributed by atoms with E-state index in [1.165, 1.54) is 0 Å². The molecule has 0 fully saturated rings. The Morgan fingerprint density at radius 3 is 2.28 bits per heavy atom. The highest BCUT2D eigenvalue weighted by atomic mass is 19.4. The van der Waals surface area contributed by atoms with E-state index < -0.39 is 23.6 Å². The summed E-state index contributed by atoms with van der Waals surface area (Å²) in [5.74, 6) is -0.913. The van der Waals surface area contributed by atoms with Crippen molar-refractivity contribution in [3.8, 4) is 0 Å². The monoisotopic (exact) mass is 264 g/mol. The van der Waals surface area contributed by atoms with Crippen molar-refractivity contribution in [3.05, 3.63) is 35.1 Å². The molecule has 6 heteroatoms. The molecule has 1 atom stereocenters. The number of hydrogen-bond donors (Lipinski definition) is 2. The second kappa shape index (κ2) is 5.67. The maximum atomic E-state index is 13.2. The van der Waals surface area contributed by atoms with Crippen LogP contribution in [0.3, 0.4) is 0 Å². The Morgan fingerprint density at radius 2 is 1.83 bits per heavy atom. The number of rotatable bonds is 4. The Balaban J connectivity index is 3.11. The van der Waals surface area contributed by atoms with Crippen molar-refractivity contribution < 1.29 is 17.6 Å². The average molecular weight is 264 g/mol. The van der Waals surface area contributed by atoms with E-state index in [1.807, 2.05) is 13.8 Å². The van der Waals surface area contributed by atoms with Gasteiger partial charge in [-0.05, 0) is 23.8 Å². The van der Waals surface area contributed by atoms with Crippen molar-refractivity contribution >= 4 is 0 Å². The third kappa shape index (κ3) is 3.96. The average Bonchev–Trinajstić information content (AvgIpc) is 2.23. The molecule has 0 radical (unpaired) electrons. The van der Waals surface area contributed by atoms with Crippen LogP contribution in [0.5, 0.6) is 0 Å². The lowest BCUT2D eigenvalue weighted by atomic mass is 10.0. The Labute approximate surface area is 103 Å². The molecule has 1 aromatic rings. The molecule has 0 saturated carbocycles. The third-order valence-electron chi connectivity index (χ3n) is 2.42. The second-order valence-electron chi connectivity index (χ2n) is 4.38. The number of nitrogens with one attached hydrogen (secondary N) is 1. The molecule has 102 valence electrons. The first kappa shape index (κ1) is 14.9. The molecule has 1 rings (SSSR count). The summed E-state index contributed by atoms with van der Waals surface area (Å²) in [5.41, 5.74) is 4.70. The number of halogens is 4. The fourth-order valence-corrected chi connectivity index (χ4v) is 1.68. The number of hydrogen-bond acceptors (Lipinski definition) is 2. The van der Waals surface area contributed by atoms with E-state index in [1.54, 1.807) is 0 Å². The van der Waals surface area contributed by atoms with Gasteiger partial charge >= 0.3 is 6.18 Å². The van der Waals surface area contributed by atoms with Gasteiger partial charge in [-0.1, -0.05) is 13.8 Å². The normalized spacial score (nSPS) is 14.0. The van der Waals surface area contributed by atoms with Crippen LogP contribution < -0.4 is 11.1 Å². The van der Waals surface area contributed by atoms with Crippen LogP contribution >= 0.6 is 0 Å². The summed E-state index contributed by atoms with van der Waals surface area (Å²) in [6.07, 6.45) is -4.56. The molecule has 0 saturated heterocycles. The first-order valence-electron chi connectivity index (χ1n) is 5.58. The maximum absolute atomic E-state index is 13.2. The summed E-state index contributed by atoms with van der Waals surface area (Å²) in [6.45, 7) is 3.78. The number of alkyl halides is 3. The molecule has 2 nitrogen and oxygen atoms in total. The van der Waals surface area contributed by atoms with Gasteiger partial charge in [-0.3, -0.25) is 0 Å². The first-order valence-corrected chi connectivity index (χ1v) is 5.58. The topological polar surface area (TPSA) is 38.0 Å². The van der Waals surface area contributed by atoms with Gasteiger partial charge in [0.1, 0.15) is 5.82 Å². The minimum atomic E-state index is -4.56. The smallest absolute Gasteiger partial charge is 0.329 e. The standard InChI is InChI=1S/C12H16F4N2/c1-7(2)18-11(6-17)8-3-9(12(14,15)16)5-10(13)4-8/h3-5,7,11,18H,6,17H2,1-2H3. The van der Waals surface area contributed by atoms with Crippen LogP contribution in [0.15, 0.2) is 18.2 Å². The molecular formula is C12H16F4N2. The van der Waals surface area contributed by atoms with Crippen LogP contribution in [0.4, 0.5) is 17.6 Å². The summed E-state index contributed by atoms with van der Waals surface area (Å²) in [6, 6.07) is 2.02. The molecule has 0 aliphatic carbocycles. The summed E-state index contributed by atoms with van der Waals surface area (Å²) in [4.78, 5) is 0. The molecule has 0 aromatic heterocycles. The number of nitrogens with two attached hydrogens (primary N) is 1. The Bertz CT molecular complexity index is 402. The molecule has 18 heavy (non-hydrogen) atoms. The molecule has 1 aromatic carbocycles. The van der Waals surface area contributed by atoms with Crippen molar-refractivity contribution in [2.24, 2.45) is 5.73 Å². The lowest BCUT2D eigenvalue weighted by molar-refractivity contribution is -0.137. The van der Waals surface area contributed by atoms with Gasteiger partial charge in [-0.15, -0.1) is 0 Å². The Hall–Kier alpha value is -1.14. The summed E-state index contributed by atoms with van der Waals surface area (Å²) in [7, 11) is 0. The van der Waals surface area contributed by atoms with Crippen LogP contribution in [0.2, 0.25) is 0 Å². The molecule has 0 aliphatic heterocycles. The maximum Gasteiger partial charge on any atom is 0.416 e. The fraction of sp³-hybridized carbons (Fsp3) is 0.500. The van der Waals surface area contributed by atoms with E-state index in [2.05, 4.69) is 5.32 Å². The second-order valence-corrected chi connectivity index (χ2v) is 4.38. The minimum absolute atomic E-state index is 0.0381. The van der Waals surface area contributed by atoms with Gasteiger partial charge in [0.25, 0.3) is 0 Å². The summed E-state index contributed by atoms with van der Waals surface area (Å²) in [5, 5.41) is 2.99. The molecule has 1 unspecified atom stereocenters. The number of benzene rings is 1. The fourth-order valence-electron chi connectivity index (χ4n) is 1.68. The Kier molecular flexibility index (Phi) is 4.70. The molecule has 0 heterocycles. The third-order valence-corrected chi connectivity index (χ3v) is 2.42. The molecule has 0 spiro atoms. The lowest BCUT2D eigenvalue weighted by Gasteiger charge is -2.21. The van der Waals surface area contributed by atoms with Crippen LogP contribution in [-0.2, 0) is 6.18 Å². The largest absolute Gasteiger partial charge is 0.416 e. The van der Waals surface area contributed by atoms with Gasteiger partial charge in [-0.25, -0.2) is 4.39 Å². The van der Waals surface area contributed by atoms with E-state index in [9.17, 15) is 17.6 Å².